The average Bonchev–Trinajstić information content (AvgIpc) is 2.77. The quantitative estimate of drug-likeness (QED) is 0.242. The number of anilines is 1. The number of nitrogens with zero attached hydrogens (tertiary/aromatic N) is 1. The van der Waals surface area contributed by atoms with Crippen LogP contribution < -0.4 is 10.1 Å². The molecule has 7 nitrogen and oxygen atoms in total. The van der Waals surface area contributed by atoms with E-state index in [1.54, 1.807) is 42.5 Å². The van der Waals surface area contributed by atoms with Crippen molar-refractivity contribution < 1.29 is 19.2 Å². The Bertz CT molecular complexity index is 1080. The van der Waals surface area contributed by atoms with E-state index in [1.165, 1.54) is 43.1 Å². The van der Waals surface area contributed by atoms with E-state index < -0.39 is 4.92 Å². The van der Waals surface area contributed by atoms with Crippen LogP contribution in [-0.2, 0) is 0 Å². The number of nitrogens with one attached hydrogen (secondary N) is 1. The number of hydrogen-bond donors (Lipinski definition) is 1. The van der Waals surface area contributed by atoms with Crippen molar-refractivity contribution in [3.8, 4) is 5.75 Å². The molecule has 0 heterocycles. The molecule has 0 saturated carbocycles. The number of ketones is 1. The van der Waals surface area contributed by atoms with Crippen LogP contribution in [0.15, 0.2) is 77.7 Å². The molecular weight excluding hydrogens is 404 g/mol. The lowest BCUT2D eigenvalue weighted by molar-refractivity contribution is -0.384. The molecule has 30 heavy (non-hydrogen) atoms. The van der Waals surface area contributed by atoms with E-state index in [0.29, 0.717) is 22.6 Å². The number of methoxy groups -OCH3 is 1. The van der Waals surface area contributed by atoms with Gasteiger partial charge in [-0.25, -0.2) is 0 Å². The molecule has 1 amide bonds. The summed E-state index contributed by atoms with van der Waals surface area (Å²) in [6.07, 6.45) is 0. The topological polar surface area (TPSA) is 98.5 Å². The molecule has 0 atom stereocenters. The number of ether oxygens (including phenoxy) is 1. The summed E-state index contributed by atoms with van der Waals surface area (Å²) in [4.78, 5) is 35.9. The zero-order valence-corrected chi connectivity index (χ0v) is 16.8. The Labute approximate surface area is 177 Å². The molecule has 3 rings (SSSR count). The molecule has 1 N–H and O–H groups in total. The Morgan fingerprint density at radius 3 is 2.47 bits per heavy atom. The van der Waals surface area contributed by atoms with Crippen LogP contribution in [0.2, 0.25) is 0 Å². The van der Waals surface area contributed by atoms with E-state index in [9.17, 15) is 19.7 Å². The van der Waals surface area contributed by atoms with Crippen LogP contribution in [0.4, 0.5) is 11.4 Å². The first-order chi connectivity index (χ1) is 14.5. The predicted molar refractivity (Wildman–Crippen MR) is 116 cm³/mol. The number of rotatable bonds is 8. The molecule has 0 saturated heterocycles. The number of hydrogen-bond acceptors (Lipinski definition) is 6. The summed E-state index contributed by atoms with van der Waals surface area (Å²) in [6.45, 7) is 0. The van der Waals surface area contributed by atoms with Gasteiger partial charge in [-0.05, 0) is 42.5 Å². The van der Waals surface area contributed by atoms with Gasteiger partial charge in [0.25, 0.3) is 11.6 Å². The molecule has 0 unspecified atom stereocenters. The third-order valence-electron chi connectivity index (χ3n) is 4.21. The summed E-state index contributed by atoms with van der Waals surface area (Å²) in [7, 11) is 1.52. The van der Waals surface area contributed by atoms with Gasteiger partial charge in [0.05, 0.1) is 23.3 Å². The lowest BCUT2D eigenvalue weighted by Gasteiger charge is -2.09. The minimum Gasteiger partial charge on any atom is -0.496 e. The molecular formula is C22H18N2O5S. The van der Waals surface area contributed by atoms with E-state index >= 15 is 0 Å². The fourth-order valence-electron chi connectivity index (χ4n) is 2.70. The summed E-state index contributed by atoms with van der Waals surface area (Å²) in [5.41, 5.74) is 1.32. The number of nitro groups is 1. The van der Waals surface area contributed by atoms with Crippen molar-refractivity contribution in [3.63, 3.8) is 0 Å². The van der Waals surface area contributed by atoms with Gasteiger partial charge in [0, 0.05) is 28.3 Å². The highest BCUT2D eigenvalue weighted by atomic mass is 32.2. The SMILES string of the molecule is COc1ccccc1C(=O)CSc1cccc(NC(=O)c2ccc([N+](=O)[O-])cc2)c1. The fraction of sp³-hybridized carbons (Fsp3) is 0.0909. The monoisotopic (exact) mass is 422 g/mol. The molecule has 0 aliphatic heterocycles. The number of para-hydroxylation sites is 1. The first-order valence-electron chi connectivity index (χ1n) is 8.93. The van der Waals surface area contributed by atoms with Gasteiger partial charge in [-0.3, -0.25) is 19.7 Å². The number of non-ortho nitro benzene ring substituents is 1. The molecule has 152 valence electrons. The molecule has 0 aliphatic rings. The Morgan fingerprint density at radius 2 is 1.77 bits per heavy atom. The highest BCUT2D eigenvalue weighted by molar-refractivity contribution is 8.00. The van der Waals surface area contributed by atoms with Crippen LogP contribution in [-0.4, -0.2) is 29.5 Å². The average molecular weight is 422 g/mol. The second kappa shape index (κ2) is 9.71. The summed E-state index contributed by atoms with van der Waals surface area (Å²) in [6, 6.07) is 19.6. The van der Waals surface area contributed by atoms with Crippen molar-refractivity contribution in [2.75, 3.05) is 18.2 Å². The molecule has 0 aliphatic carbocycles. The first-order valence-corrected chi connectivity index (χ1v) is 9.91. The second-order valence-electron chi connectivity index (χ2n) is 6.20. The number of carbonyl (C=O) groups is 2. The van der Waals surface area contributed by atoms with Crippen molar-refractivity contribution in [2.24, 2.45) is 0 Å². The minimum absolute atomic E-state index is 0.0576. The van der Waals surface area contributed by atoms with Crippen LogP contribution in [0, 0.1) is 10.1 Å². The Balaban J connectivity index is 1.63. The molecule has 0 fully saturated rings. The van der Waals surface area contributed by atoms with E-state index in [0.717, 1.165) is 4.90 Å². The van der Waals surface area contributed by atoms with Crippen molar-refractivity contribution in [1.29, 1.82) is 0 Å². The van der Waals surface area contributed by atoms with Gasteiger partial charge in [0.2, 0.25) is 0 Å². The van der Waals surface area contributed by atoms with Crippen molar-refractivity contribution in [1.82, 2.24) is 0 Å². The molecule has 0 bridgehead atoms. The zero-order chi connectivity index (χ0) is 21.5. The van der Waals surface area contributed by atoms with Gasteiger partial charge in [0.1, 0.15) is 5.75 Å². The smallest absolute Gasteiger partial charge is 0.269 e. The summed E-state index contributed by atoms with van der Waals surface area (Å²) in [5, 5.41) is 13.5. The highest BCUT2D eigenvalue weighted by Crippen LogP contribution is 2.25. The minimum atomic E-state index is -0.519. The Morgan fingerprint density at radius 1 is 1.03 bits per heavy atom. The molecule has 8 heteroatoms. The molecule has 0 aromatic heterocycles. The number of Topliss-reactive ketones (excluding diaryl/α,β-unsaturated/α-hetero) is 1. The standard InChI is InChI=1S/C22H18N2O5S/c1-29-21-8-3-2-7-19(21)20(25)14-30-18-6-4-5-16(13-18)23-22(26)15-9-11-17(12-10-15)24(27)28/h2-13H,14H2,1H3,(H,23,26). The van der Waals surface area contributed by atoms with Gasteiger partial charge in [-0.1, -0.05) is 18.2 Å². The van der Waals surface area contributed by atoms with Gasteiger partial charge in [-0.2, -0.15) is 0 Å². The lowest BCUT2D eigenvalue weighted by atomic mass is 10.1. The maximum atomic E-state index is 12.5. The van der Waals surface area contributed by atoms with Crippen LogP contribution in [0.5, 0.6) is 5.75 Å². The number of benzene rings is 3. The number of nitro benzene ring substituents is 1. The maximum Gasteiger partial charge on any atom is 0.269 e. The van der Waals surface area contributed by atoms with Crippen LogP contribution in [0.1, 0.15) is 20.7 Å². The van der Waals surface area contributed by atoms with E-state index in [4.69, 9.17) is 4.74 Å². The predicted octanol–water partition coefficient (Wildman–Crippen LogP) is 4.83. The Kier molecular flexibility index (Phi) is 6.82. The van der Waals surface area contributed by atoms with Gasteiger partial charge in [0.15, 0.2) is 5.78 Å². The largest absolute Gasteiger partial charge is 0.496 e. The molecule has 3 aromatic rings. The van der Waals surface area contributed by atoms with Gasteiger partial charge in [-0.15, -0.1) is 11.8 Å². The van der Waals surface area contributed by atoms with E-state index in [-0.39, 0.29) is 23.1 Å². The third-order valence-corrected chi connectivity index (χ3v) is 5.20. The summed E-state index contributed by atoms with van der Waals surface area (Å²) in [5.74, 6) is 0.322. The summed E-state index contributed by atoms with van der Waals surface area (Å²) >= 11 is 1.35. The number of carbonyl (C=O) groups excluding carboxylic acids is 2. The van der Waals surface area contributed by atoms with Gasteiger partial charge < -0.3 is 10.1 Å². The summed E-state index contributed by atoms with van der Waals surface area (Å²) < 4.78 is 5.23. The van der Waals surface area contributed by atoms with Gasteiger partial charge >= 0.3 is 0 Å². The van der Waals surface area contributed by atoms with Crippen LogP contribution in [0.25, 0.3) is 0 Å². The van der Waals surface area contributed by atoms with Crippen LogP contribution >= 0.6 is 11.8 Å². The van der Waals surface area contributed by atoms with Crippen LogP contribution in [0.3, 0.4) is 0 Å². The van der Waals surface area contributed by atoms with Crippen molar-refractivity contribution >= 4 is 34.8 Å². The highest BCUT2D eigenvalue weighted by Gasteiger charge is 2.13. The lowest BCUT2D eigenvalue weighted by Crippen LogP contribution is -2.11. The maximum absolute atomic E-state index is 12.5. The molecule has 0 spiro atoms. The fourth-order valence-corrected chi connectivity index (χ4v) is 3.54. The zero-order valence-electron chi connectivity index (χ0n) is 16.0. The second-order valence-corrected chi connectivity index (χ2v) is 7.25. The Hall–Kier alpha value is -3.65. The molecule has 3 aromatic carbocycles. The van der Waals surface area contributed by atoms with Crippen molar-refractivity contribution in [2.45, 2.75) is 4.90 Å². The van der Waals surface area contributed by atoms with Crippen molar-refractivity contribution in [3.05, 3.63) is 94.0 Å². The van der Waals surface area contributed by atoms with E-state index in [2.05, 4.69) is 5.32 Å². The number of thioether (sulfide) groups is 1. The first kappa shape index (κ1) is 21.1. The molecule has 0 radical (unpaired) electrons. The normalized spacial score (nSPS) is 10.3. The van der Waals surface area contributed by atoms with E-state index in [1.807, 2.05) is 6.07 Å². The third kappa shape index (κ3) is 5.24. The number of amides is 1.